The van der Waals surface area contributed by atoms with Gasteiger partial charge in [0.2, 0.25) is 0 Å². The Morgan fingerprint density at radius 1 is 1.26 bits per heavy atom. The number of nitrogens with zero attached hydrogens (tertiary/aromatic N) is 6. The van der Waals surface area contributed by atoms with Gasteiger partial charge in [0, 0.05) is 24.5 Å². The van der Waals surface area contributed by atoms with Crippen LogP contribution >= 0.6 is 0 Å². The highest BCUT2D eigenvalue weighted by atomic mass is 19.4. The van der Waals surface area contributed by atoms with Gasteiger partial charge in [-0.25, -0.2) is 24.9 Å². The number of amides is 1. The van der Waals surface area contributed by atoms with Gasteiger partial charge in [0.05, 0.1) is 24.0 Å². The number of anilines is 1. The molecule has 0 radical (unpaired) electrons. The summed E-state index contributed by atoms with van der Waals surface area (Å²) in [7, 11) is 0. The number of halogens is 3. The van der Waals surface area contributed by atoms with Crippen LogP contribution in [0.5, 0.6) is 0 Å². The molecule has 3 heterocycles. The summed E-state index contributed by atoms with van der Waals surface area (Å²) in [5, 5.41) is 3.16. The van der Waals surface area contributed by atoms with E-state index in [-0.39, 0.29) is 35.4 Å². The van der Waals surface area contributed by atoms with Crippen molar-refractivity contribution < 1.29 is 18.0 Å². The molecule has 178 valence electrons. The van der Waals surface area contributed by atoms with Gasteiger partial charge in [-0.3, -0.25) is 4.79 Å². The van der Waals surface area contributed by atoms with Gasteiger partial charge >= 0.3 is 6.18 Å². The van der Waals surface area contributed by atoms with Gasteiger partial charge in [-0.2, -0.15) is 13.2 Å². The number of rotatable bonds is 5. The van der Waals surface area contributed by atoms with Crippen LogP contribution in [0.25, 0.3) is 0 Å². The van der Waals surface area contributed by atoms with E-state index in [0.717, 1.165) is 19.0 Å². The Morgan fingerprint density at radius 3 is 2.68 bits per heavy atom. The molecule has 0 aromatic carbocycles. The zero-order valence-corrected chi connectivity index (χ0v) is 18.8. The van der Waals surface area contributed by atoms with Crippen molar-refractivity contribution in [1.82, 2.24) is 19.9 Å². The Bertz CT molecular complexity index is 1140. The molecule has 1 aliphatic heterocycles. The lowest BCUT2D eigenvalue weighted by Gasteiger charge is -2.34. The Morgan fingerprint density at radius 2 is 2.06 bits per heavy atom. The van der Waals surface area contributed by atoms with Crippen LogP contribution < -0.4 is 5.32 Å². The number of alkyl halides is 3. The lowest BCUT2D eigenvalue weighted by Crippen LogP contribution is -2.48. The van der Waals surface area contributed by atoms with Crippen molar-refractivity contribution in [3.8, 4) is 0 Å². The highest BCUT2D eigenvalue weighted by molar-refractivity contribution is 6.10. The van der Waals surface area contributed by atoms with Crippen LogP contribution in [0, 0.1) is 12.8 Å². The first-order chi connectivity index (χ1) is 16.2. The highest BCUT2D eigenvalue weighted by Gasteiger charge is 2.48. The predicted molar refractivity (Wildman–Crippen MR) is 122 cm³/mol. The Hall–Kier alpha value is -3.63. The number of nitrogens with one attached hydrogen (secondary N) is 1. The number of allylic oxidation sites excluding steroid dienone is 1. The van der Waals surface area contributed by atoms with Crippen LogP contribution in [-0.4, -0.2) is 56.9 Å². The molecule has 2 aromatic rings. The van der Waals surface area contributed by atoms with Crippen molar-refractivity contribution in [3.63, 3.8) is 0 Å². The van der Waals surface area contributed by atoms with E-state index >= 15 is 0 Å². The number of hydrogen-bond donors (Lipinski definition) is 1. The molecule has 0 spiro atoms. The third-order valence-corrected chi connectivity index (χ3v) is 5.99. The molecular formula is C23H24F3N7O. The van der Waals surface area contributed by atoms with Crippen LogP contribution in [0.3, 0.4) is 0 Å². The molecule has 1 saturated carbocycles. The predicted octanol–water partition coefficient (Wildman–Crippen LogP) is 3.89. The van der Waals surface area contributed by atoms with E-state index in [2.05, 4.69) is 37.0 Å². The van der Waals surface area contributed by atoms with Crippen LogP contribution in [-0.2, 0) is 6.18 Å². The summed E-state index contributed by atoms with van der Waals surface area (Å²) in [5.74, 6) is 0.570. The molecule has 4 rings (SSSR count). The van der Waals surface area contributed by atoms with Gasteiger partial charge in [0.25, 0.3) is 5.91 Å². The monoisotopic (exact) mass is 471 g/mol. The van der Waals surface area contributed by atoms with Gasteiger partial charge in [0.15, 0.2) is 11.5 Å². The minimum Gasteiger partial charge on any atom is -0.364 e. The summed E-state index contributed by atoms with van der Waals surface area (Å²) in [6, 6.07) is 3.24. The number of piperidine rings is 1. The van der Waals surface area contributed by atoms with Crippen molar-refractivity contribution in [2.45, 2.75) is 44.9 Å². The first kappa shape index (κ1) is 23.5. The normalized spacial score (nSPS) is 22.4. The van der Waals surface area contributed by atoms with E-state index < -0.39 is 11.9 Å². The summed E-state index contributed by atoms with van der Waals surface area (Å²) in [6.07, 6.45) is 2.12. The number of likely N-dealkylation sites (tertiary alicyclic amines) is 1. The van der Waals surface area contributed by atoms with E-state index in [1.165, 1.54) is 0 Å². The van der Waals surface area contributed by atoms with Crippen LogP contribution in [0.1, 0.15) is 47.2 Å². The second kappa shape index (κ2) is 9.32. The summed E-state index contributed by atoms with van der Waals surface area (Å²) in [4.78, 5) is 35.4. The zero-order valence-electron chi connectivity index (χ0n) is 18.8. The number of aliphatic imine (C=N–C) groups is 2. The summed E-state index contributed by atoms with van der Waals surface area (Å²) >= 11 is 0. The van der Waals surface area contributed by atoms with Gasteiger partial charge in [-0.05, 0) is 51.5 Å². The van der Waals surface area contributed by atoms with Crippen LogP contribution in [0.2, 0.25) is 0 Å². The Balaban J connectivity index is 1.57. The van der Waals surface area contributed by atoms with Crippen molar-refractivity contribution in [2.75, 3.05) is 11.9 Å². The third-order valence-electron chi connectivity index (χ3n) is 5.99. The molecule has 8 nitrogen and oxygen atoms in total. The second-order valence-electron chi connectivity index (χ2n) is 8.34. The van der Waals surface area contributed by atoms with Crippen LogP contribution in [0.15, 0.2) is 46.8 Å². The van der Waals surface area contributed by atoms with E-state index in [1.54, 1.807) is 36.2 Å². The fourth-order valence-electron chi connectivity index (χ4n) is 4.53. The van der Waals surface area contributed by atoms with Gasteiger partial charge < -0.3 is 10.2 Å². The molecule has 3 unspecified atom stereocenters. The summed E-state index contributed by atoms with van der Waals surface area (Å²) in [5.41, 5.74) is 0.369. The molecule has 11 heteroatoms. The number of carbonyl (C=O) groups is 1. The average molecular weight is 471 g/mol. The van der Waals surface area contributed by atoms with Crippen molar-refractivity contribution in [1.29, 1.82) is 0 Å². The first-order valence-corrected chi connectivity index (χ1v) is 10.8. The molecule has 2 bridgehead atoms. The fourth-order valence-corrected chi connectivity index (χ4v) is 4.53. The summed E-state index contributed by atoms with van der Waals surface area (Å²) < 4.78 is 38.3. The lowest BCUT2D eigenvalue weighted by atomic mass is 10.0. The minimum atomic E-state index is -4.55. The van der Waals surface area contributed by atoms with Gasteiger partial charge in [0.1, 0.15) is 11.5 Å². The molecule has 1 aliphatic carbocycles. The maximum absolute atomic E-state index is 13.6. The molecule has 2 fully saturated rings. The highest BCUT2D eigenvalue weighted by Crippen LogP contribution is 2.40. The molecule has 1 amide bonds. The van der Waals surface area contributed by atoms with Crippen molar-refractivity contribution >= 4 is 24.3 Å². The van der Waals surface area contributed by atoms with Crippen molar-refractivity contribution in [2.24, 2.45) is 15.9 Å². The van der Waals surface area contributed by atoms with Crippen LogP contribution in [0.4, 0.5) is 19.0 Å². The number of carbonyl (C=O) groups excluding carboxylic acids is 1. The third kappa shape index (κ3) is 4.68. The van der Waals surface area contributed by atoms with E-state index in [4.69, 9.17) is 0 Å². The Labute approximate surface area is 194 Å². The SMILES string of the molecule is C=NC(=N/C=C\C)c1ccc(C)nc1C(=O)N1CC2CC(Nc3cnc(C(F)(F)F)cn3)C1C2. The number of aryl methyl sites for hydroxylation is 1. The standard InChI is InChI=1S/C23H24F3N7O/c1-4-7-28-21(27-3)15-6-5-13(2)31-20(15)22(34)33-12-14-8-16(17(33)9-14)32-19-11-29-18(10-30-19)23(24,25)26/h4-7,10-11,14,16-17H,3,8-9,12H2,1-2H3,(H,30,32)/b7-4-,28-21?. The lowest BCUT2D eigenvalue weighted by molar-refractivity contribution is -0.141. The zero-order chi connectivity index (χ0) is 24.5. The quantitative estimate of drug-likeness (QED) is 0.527. The van der Waals surface area contributed by atoms with Crippen molar-refractivity contribution in [3.05, 3.63) is 59.4 Å². The van der Waals surface area contributed by atoms with E-state index in [0.29, 0.717) is 29.8 Å². The fraction of sp³-hybridized carbons (Fsp3) is 0.391. The minimum absolute atomic E-state index is 0.149. The average Bonchev–Trinajstić information content (AvgIpc) is 3.40. The molecule has 2 aromatic heterocycles. The van der Waals surface area contributed by atoms with Gasteiger partial charge in [-0.15, -0.1) is 0 Å². The van der Waals surface area contributed by atoms with Gasteiger partial charge in [-0.1, -0.05) is 6.08 Å². The number of pyridine rings is 1. The molecule has 3 atom stereocenters. The maximum Gasteiger partial charge on any atom is 0.434 e. The molecule has 1 saturated heterocycles. The summed E-state index contributed by atoms with van der Waals surface area (Å²) in [6.45, 7) is 7.77. The smallest absolute Gasteiger partial charge is 0.364 e. The second-order valence-corrected chi connectivity index (χ2v) is 8.34. The van der Waals surface area contributed by atoms with E-state index in [9.17, 15) is 18.0 Å². The number of hydrogen-bond acceptors (Lipinski definition) is 6. The molecule has 2 aliphatic rings. The first-order valence-electron chi connectivity index (χ1n) is 10.8. The molecular weight excluding hydrogens is 447 g/mol. The number of aromatic nitrogens is 3. The van der Waals surface area contributed by atoms with E-state index in [1.807, 2.05) is 6.92 Å². The maximum atomic E-state index is 13.6. The largest absolute Gasteiger partial charge is 0.434 e. The molecule has 1 N–H and O–H groups in total. The number of fused-ring (bicyclic) bond motifs is 2. The topological polar surface area (TPSA) is 95.7 Å². The molecule has 34 heavy (non-hydrogen) atoms. The number of amidine groups is 1. The Kier molecular flexibility index (Phi) is 6.45.